The monoisotopic (exact) mass is 878 g/mol. The molecule has 0 spiro atoms. The summed E-state index contributed by atoms with van der Waals surface area (Å²) in [5, 5.41) is 4.81. The molecule has 0 N–H and O–H groups in total. The van der Waals surface area contributed by atoms with Crippen LogP contribution in [-0.4, -0.2) is 4.98 Å². The zero-order valence-electron chi connectivity index (χ0n) is 29.5. The van der Waals surface area contributed by atoms with Gasteiger partial charge in [-0.3, -0.25) is 0 Å². The Kier molecular flexibility index (Phi) is 9.00. The van der Waals surface area contributed by atoms with E-state index in [0.717, 1.165) is 27.2 Å². The molecule has 0 fully saturated rings. The number of rotatable bonds is 4. The molecule has 0 atom stereocenters. The summed E-state index contributed by atoms with van der Waals surface area (Å²) in [6, 6.07) is 66.7. The Labute approximate surface area is 325 Å². The minimum absolute atomic E-state index is 0. The topological polar surface area (TPSA) is 30.0 Å². The Morgan fingerprint density at radius 1 is 0.528 bits per heavy atom. The Morgan fingerprint density at radius 3 is 1.60 bits per heavy atom. The first-order chi connectivity index (χ1) is 25.4. The van der Waals surface area contributed by atoms with Crippen molar-refractivity contribution >= 4 is 33.8 Å². The van der Waals surface area contributed by atoms with Gasteiger partial charge in [-0.15, -0.1) is 34.9 Å². The molecule has 0 saturated heterocycles. The van der Waals surface area contributed by atoms with E-state index in [0.29, 0.717) is 0 Å². The van der Waals surface area contributed by atoms with Crippen molar-refractivity contribution in [3.63, 3.8) is 0 Å². The molecule has 2 bridgehead atoms. The molecule has 1 aromatic heterocycles. The van der Waals surface area contributed by atoms with Gasteiger partial charge < -0.3 is 9.55 Å². The number of aromatic nitrogens is 1. The van der Waals surface area contributed by atoms with Crippen molar-refractivity contribution in [2.75, 3.05) is 0 Å². The summed E-state index contributed by atoms with van der Waals surface area (Å²) in [4.78, 5) is 4.79. The summed E-state index contributed by atoms with van der Waals surface area (Å²) in [7, 11) is -2.83. The molecule has 1 heterocycles. The van der Waals surface area contributed by atoms with Crippen molar-refractivity contribution in [3.05, 3.63) is 228 Å². The average Bonchev–Trinajstić information content (AvgIpc) is 3.23. The third kappa shape index (κ3) is 5.33. The summed E-state index contributed by atoms with van der Waals surface area (Å²) in [5.41, 5.74) is 10.1. The van der Waals surface area contributed by atoms with Gasteiger partial charge in [0.15, 0.2) is 0 Å². The fourth-order valence-corrected chi connectivity index (χ4v) is 11.2. The molecule has 0 aliphatic heterocycles. The molecule has 53 heavy (non-hydrogen) atoms. The van der Waals surface area contributed by atoms with Crippen LogP contribution >= 0.6 is 7.14 Å². The van der Waals surface area contributed by atoms with E-state index in [-0.39, 0.29) is 30.9 Å². The van der Waals surface area contributed by atoms with Crippen LogP contribution in [0.5, 0.6) is 0 Å². The molecule has 3 aliphatic carbocycles. The molecule has 259 valence electrons. The molecule has 0 amide bonds. The zero-order chi connectivity index (χ0) is 35.3. The standard InChI is InChI=1S/C31H22N.C18H14OP.Ir/c1-30-23-11-5-7-13-25(23)31(2,26-14-8-6-12-24(26)30)28-19-21(15-16-27(28)30)29-22-10-4-3-9-20(22)17-18-32-29;19-20(16-10-4-1-5-11-16,17-12-6-2-7-13-17)18-14-8-3-9-15-18;/h3-14,16-19H,1-2H3;1-14H;/q2*-1;. The molecule has 3 aliphatic rings. The van der Waals surface area contributed by atoms with Gasteiger partial charge in [-0.1, -0.05) is 146 Å². The van der Waals surface area contributed by atoms with Crippen LogP contribution in [0, 0.1) is 12.1 Å². The maximum atomic E-state index is 13.8. The fourth-order valence-electron chi connectivity index (χ4n) is 8.65. The summed E-state index contributed by atoms with van der Waals surface area (Å²) >= 11 is 0. The summed E-state index contributed by atoms with van der Waals surface area (Å²) in [6.07, 6.45) is 1.91. The van der Waals surface area contributed by atoms with Crippen molar-refractivity contribution in [1.29, 1.82) is 0 Å². The van der Waals surface area contributed by atoms with Crippen molar-refractivity contribution in [1.82, 2.24) is 4.98 Å². The SMILES string of the molecule is CC12c3c[c-]c(-c4nccc5ccccc45)cc3C(C)(c3ccccc31)c1ccccc12.O=P(c1[c-]cccc1)(c1ccccc1)c1ccccc1.[Ir]. The smallest absolute Gasteiger partial charge is 0.147 e. The van der Waals surface area contributed by atoms with Gasteiger partial charge in [-0.25, -0.2) is 0 Å². The Balaban J connectivity index is 0.000000165. The number of fused-ring (bicyclic) bond motifs is 1. The van der Waals surface area contributed by atoms with Crippen molar-refractivity contribution < 1.29 is 24.7 Å². The largest absolute Gasteiger partial charge is 0.311 e. The maximum Gasteiger partial charge on any atom is 0.147 e. The molecule has 2 nitrogen and oxygen atoms in total. The van der Waals surface area contributed by atoms with Gasteiger partial charge in [0, 0.05) is 47.7 Å². The van der Waals surface area contributed by atoms with E-state index in [4.69, 9.17) is 4.98 Å². The first-order valence-electron chi connectivity index (χ1n) is 17.7. The number of hydrogen-bond donors (Lipinski definition) is 0. The van der Waals surface area contributed by atoms with E-state index in [1.54, 1.807) is 0 Å². The Bertz CT molecular complexity index is 2480. The van der Waals surface area contributed by atoms with Gasteiger partial charge in [-0.2, -0.15) is 30.3 Å². The zero-order valence-corrected chi connectivity index (χ0v) is 32.7. The van der Waals surface area contributed by atoms with Gasteiger partial charge in [-0.05, 0) is 51.7 Å². The van der Waals surface area contributed by atoms with Crippen molar-refractivity contribution in [3.8, 4) is 11.3 Å². The normalized spacial score (nSPS) is 17.7. The van der Waals surface area contributed by atoms with Crippen LogP contribution in [0.4, 0.5) is 0 Å². The van der Waals surface area contributed by atoms with E-state index >= 15 is 0 Å². The first-order valence-corrected chi connectivity index (χ1v) is 19.4. The van der Waals surface area contributed by atoms with Gasteiger partial charge in [0.1, 0.15) is 7.14 Å². The summed E-state index contributed by atoms with van der Waals surface area (Å²) < 4.78 is 13.8. The Morgan fingerprint density at radius 2 is 1.04 bits per heavy atom. The molecular weight excluding hydrogens is 842 g/mol. The van der Waals surface area contributed by atoms with Crippen LogP contribution in [0.25, 0.3) is 22.0 Å². The third-order valence-electron chi connectivity index (χ3n) is 11.2. The van der Waals surface area contributed by atoms with Crippen LogP contribution < -0.4 is 15.9 Å². The number of hydrogen-bond acceptors (Lipinski definition) is 2. The summed E-state index contributed by atoms with van der Waals surface area (Å²) in [5.74, 6) is 0. The fraction of sp³-hybridized carbons (Fsp3) is 0.0816. The Hall–Kier alpha value is -5.17. The van der Waals surface area contributed by atoms with Crippen LogP contribution in [0.1, 0.15) is 47.2 Å². The molecule has 0 saturated carbocycles. The van der Waals surface area contributed by atoms with Gasteiger partial charge in [0.05, 0.1) is 0 Å². The van der Waals surface area contributed by atoms with Gasteiger partial charge in [0.25, 0.3) is 0 Å². The summed E-state index contributed by atoms with van der Waals surface area (Å²) in [6.45, 7) is 4.77. The predicted molar refractivity (Wildman–Crippen MR) is 215 cm³/mol. The third-order valence-corrected chi connectivity index (χ3v) is 14.2. The van der Waals surface area contributed by atoms with Crippen molar-refractivity contribution in [2.45, 2.75) is 24.7 Å². The maximum absolute atomic E-state index is 13.8. The number of nitrogens with zero attached hydrogens (tertiary/aromatic N) is 1. The minimum Gasteiger partial charge on any atom is -0.311 e. The molecule has 8 aromatic rings. The van der Waals surface area contributed by atoms with E-state index in [9.17, 15) is 4.57 Å². The minimum atomic E-state index is -2.83. The quantitative estimate of drug-likeness (QED) is 0.130. The molecule has 11 rings (SSSR count). The van der Waals surface area contributed by atoms with Gasteiger partial charge in [0.2, 0.25) is 0 Å². The van der Waals surface area contributed by atoms with E-state index in [1.165, 1.54) is 44.2 Å². The van der Waals surface area contributed by atoms with E-state index < -0.39 is 7.14 Å². The van der Waals surface area contributed by atoms with Gasteiger partial charge >= 0.3 is 0 Å². The predicted octanol–water partition coefficient (Wildman–Crippen LogP) is 10.2. The second kappa shape index (κ2) is 13.7. The molecular formula is C49H36IrNOP-2. The molecule has 0 unspecified atom stereocenters. The van der Waals surface area contributed by atoms with Crippen LogP contribution in [0.2, 0.25) is 0 Å². The van der Waals surface area contributed by atoms with E-state index in [1.807, 2.05) is 91.1 Å². The van der Waals surface area contributed by atoms with Crippen LogP contribution in [-0.2, 0) is 35.5 Å². The average molecular weight is 878 g/mol. The van der Waals surface area contributed by atoms with E-state index in [2.05, 4.69) is 117 Å². The molecule has 7 aromatic carbocycles. The first kappa shape index (κ1) is 34.9. The molecule has 4 heteroatoms. The number of pyridine rings is 1. The van der Waals surface area contributed by atoms with Crippen LogP contribution in [0.15, 0.2) is 182 Å². The number of benzene rings is 7. The molecule has 1 radical (unpaired) electrons. The van der Waals surface area contributed by atoms with Crippen molar-refractivity contribution in [2.24, 2.45) is 0 Å². The second-order valence-electron chi connectivity index (χ2n) is 13.9. The van der Waals surface area contributed by atoms with Crippen LogP contribution in [0.3, 0.4) is 0 Å². The second-order valence-corrected chi connectivity index (χ2v) is 16.7.